The fourth-order valence-electron chi connectivity index (χ4n) is 2.24. The summed E-state index contributed by atoms with van der Waals surface area (Å²) in [7, 11) is 1.91. The first-order valence-corrected chi connectivity index (χ1v) is 5.43. The second kappa shape index (κ2) is 4.14. The van der Waals surface area contributed by atoms with Gasteiger partial charge < -0.3 is 10.3 Å². The maximum atomic E-state index is 11.9. The molecule has 1 aromatic rings. The number of ketones is 1. The zero-order chi connectivity index (χ0) is 10.8. The molecule has 0 bridgehead atoms. The standard InChI is InChI=1S/C11H17N3O/c1-14-6-5-13-11(14)7-10(15)8-3-2-4-9(8)12/h5-6,8-9H,2-4,7,12H2,1H3. The highest BCUT2D eigenvalue weighted by Crippen LogP contribution is 2.25. The van der Waals surface area contributed by atoms with Crippen molar-refractivity contribution in [2.45, 2.75) is 31.7 Å². The van der Waals surface area contributed by atoms with E-state index < -0.39 is 0 Å². The molecule has 1 saturated carbocycles. The molecular formula is C11H17N3O. The van der Waals surface area contributed by atoms with Crippen molar-refractivity contribution >= 4 is 5.78 Å². The van der Waals surface area contributed by atoms with Gasteiger partial charge in [-0.1, -0.05) is 6.42 Å². The van der Waals surface area contributed by atoms with E-state index in [-0.39, 0.29) is 17.7 Å². The highest BCUT2D eigenvalue weighted by Gasteiger charge is 2.30. The molecule has 0 aromatic carbocycles. The van der Waals surface area contributed by atoms with Crippen LogP contribution in [0, 0.1) is 5.92 Å². The Bertz CT molecular complexity index is 358. The highest BCUT2D eigenvalue weighted by atomic mass is 16.1. The van der Waals surface area contributed by atoms with Gasteiger partial charge in [-0.15, -0.1) is 0 Å². The van der Waals surface area contributed by atoms with Gasteiger partial charge in [0.25, 0.3) is 0 Å². The fraction of sp³-hybridized carbons (Fsp3) is 0.636. The van der Waals surface area contributed by atoms with Crippen molar-refractivity contribution in [2.75, 3.05) is 0 Å². The normalized spacial score (nSPS) is 25.7. The Kier molecular flexibility index (Phi) is 2.86. The maximum absolute atomic E-state index is 11.9. The van der Waals surface area contributed by atoms with Crippen LogP contribution in [-0.4, -0.2) is 21.4 Å². The third-order valence-electron chi connectivity index (χ3n) is 3.24. The van der Waals surface area contributed by atoms with Gasteiger partial charge in [-0.2, -0.15) is 0 Å². The molecule has 0 spiro atoms. The Labute approximate surface area is 89.5 Å². The minimum Gasteiger partial charge on any atom is -0.338 e. The molecule has 1 aliphatic carbocycles. The lowest BCUT2D eigenvalue weighted by atomic mass is 9.96. The number of aryl methyl sites for hydroxylation is 1. The van der Waals surface area contributed by atoms with Crippen LogP contribution in [0.1, 0.15) is 25.1 Å². The monoisotopic (exact) mass is 207 g/mol. The third kappa shape index (κ3) is 2.09. The molecule has 4 nitrogen and oxygen atoms in total. The topological polar surface area (TPSA) is 60.9 Å². The van der Waals surface area contributed by atoms with Gasteiger partial charge in [0.05, 0.1) is 6.42 Å². The third-order valence-corrected chi connectivity index (χ3v) is 3.24. The Morgan fingerprint density at radius 1 is 1.67 bits per heavy atom. The van der Waals surface area contributed by atoms with E-state index in [1.807, 2.05) is 17.8 Å². The molecular weight excluding hydrogens is 190 g/mol. The maximum Gasteiger partial charge on any atom is 0.145 e. The Morgan fingerprint density at radius 3 is 3.00 bits per heavy atom. The molecule has 0 aliphatic heterocycles. The minimum absolute atomic E-state index is 0.0571. The van der Waals surface area contributed by atoms with Crippen LogP contribution in [0.2, 0.25) is 0 Å². The quantitative estimate of drug-likeness (QED) is 0.792. The van der Waals surface area contributed by atoms with Crippen molar-refractivity contribution in [3.63, 3.8) is 0 Å². The summed E-state index contributed by atoms with van der Waals surface area (Å²) in [6.45, 7) is 0. The summed E-state index contributed by atoms with van der Waals surface area (Å²) < 4.78 is 1.89. The van der Waals surface area contributed by atoms with Gasteiger partial charge in [-0.05, 0) is 12.8 Å². The number of nitrogens with two attached hydrogens (primary N) is 1. The molecule has 2 unspecified atom stereocenters. The molecule has 0 radical (unpaired) electrons. The van der Waals surface area contributed by atoms with Crippen molar-refractivity contribution < 1.29 is 4.79 Å². The number of Topliss-reactive ketones (excluding diaryl/α,β-unsaturated/α-hetero) is 1. The zero-order valence-electron chi connectivity index (χ0n) is 9.02. The van der Waals surface area contributed by atoms with Crippen LogP contribution in [-0.2, 0) is 18.3 Å². The Hall–Kier alpha value is -1.16. The fourth-order valence-corrected chi connectivity index (χ4v) is 2.24. The van der Waals surface area contributed by atoms with Crippen molar-refractivity contribution in [3.8, 4) is 0 Å². The number of hydrogen-bond donors (Lipinski definition) is 1. The van der Waals surface area contributed by atoms with Crippen molar-refractivity contribution in [2.24, 2.45) is 18.7 Å². The van der Waals surface area contributed by atoms with Crippen LogP contribution >= 0.6 is 0 Å². The van der Waals surface area contributed by atoms with Crippen LogP contribution < -0.4 is 5.73 Å². The lowest BCUT2D eigenvalue weighted by Crippen LogP contribution is -2.31. The van der Waals surface area contributed by atoms with E-state index in [1.54, 1.807) is 6.20 Å². The van der Waals surface area contributed by atoms with Gasteiger partial charge in [0.15, 0.2) is 0 Å². The lowest BCUT2D eigenvalue weighted by Gasteiger charge is -2.13. The Morgan fingerprint density at radius 2 is 2.47 bits per heavy atom. The second-order valence-corrected chi connectivity index (χ2v) is 4.30. The zero-order valence-corrected chi connectivity index (χ0v) is 9.02. The number of hydrogen-bond acceptors (Lipinski definition) is 3. The van der Waals surface area contributed by atoms with Crippen LogP contribution in [0.15, 0.2) is 12.4 Å². The average molecular weight is 207 g/mol. The number of imidazole rings is 1. The molecule has 4 heteroatoms. The first-order chi connectivity index (χ1) is 7.18. The average Bonchev–Trinajstić information content (AvgIpc) is 2.76. The summed E-state index contributed by atoms with van der Waals surface area (Å²) in [6.07, 6.45) is 7.01. The van der Waals surface area contributed by atoms with Gasteiger partial charge in [0.1, 0.15) is 11.6 Å². The molecule has 15 heavy (non-hydrogen) atoms. The first-order valence-electron chi connectivity index (χ1n) is 5.43. The summed E-state index contributed by atoms with van der Waals surface area (Å²) in [6, 6.07) is 0.0674. The van der Waals surface area contributed by atoms with Gasteiger partial charge in [-0.25, -0.2) is 4.98 Å². The smallest absolute Gasteiger partial charge is 0.145 e. The van der Waals surface area contributed by atoms with Gasteiger partial charge in [0.2, 0.25) is 0 Å². The minimum atomic E-state index is 0.0571. The van der Waals surface area contributed by atoms with E-state index in [4.69, 9.17) is 5.73 Å². The number of carbonyl (C=O) groups is 1. The summed E-state index contributed by atoms with van der Waals surface area (Å²) >= 11 is 0. The second-order valence-electron chi connectivity index (χ2n) is 4.30. The predicted molar refractivity (Wildman–Crippen MR) is 57.2 cm³/mol. The molecule has 82 valence electrons. The molecule has 1 heterocycles. The predicted octanol–water partition coefficient (Wildman–Crippen LogP) is 0.659. The molecule has 1 fully saturated rings. The molecule has 2 atom stereocenters. The van der Waals surface area contributed by atoms with E-state index in [1.165, 1.54) is 0 Å². The molecule has 2 rings (SSSR count). The van der Waals surface area contributed by atoms with Crippen LogP contribution in [0.5, 0.6) is 0 Å². The number of carbonyl (C=O) groups excluding carboxylic acids is 1. The van der Waals surface area contributed by atoms with E-state index >= 15 is 0 Å². The molecule has 2 N–H and O–H groups in total. The van der Waals surface area contributed by atoms with E-state index in [0.29, 0.717) is 6.42 Å². The lowest BCUT2D eigenvalue weighted by molar-refractivity contribution is -0.122. The molecule has 1 aromatic heterocycles. The Balaban J connectivity index is 2.01. The molecule has 1 aliphatic rings. The van der Waals surface area contributed by atoms with Crippen molar-refractivity contribution in [1.82, 2.24) is 9.55 Å². The highest BCUT2D eigenvalue weighted by molar-refractivity contribution is 5.83. The number of aromatic nitrogens is 2. The SMILES string of the molecule is Cn1ccnc1CC(=O)C1CCCC1N. The summed E-state index contributed by atoms with van der Waals surface area (Å²) in [5, 5.41) is 0. The number of rotatable bonds is 3. The van der Waals surface area contributed by atoms with E-state index in [2.05, 4.69) is 4.98 Å². The first kappa shape index (κ1) is 10.4. The van der Waals surface area contributed by atoms with Crippen LogP contribution in [0.25, 0.3) is 0 Å². The number of nitrogens with zero attached hydrogens (tertiary/aromatic N) is 2. The van der Waals surface area contributed by atoms with Gasteiger partial charge >= 0.3 is 0 Å². The summed E-state index contributed by atoms with van der Waals surface area (Å²) in [5.41, 5.74) is 5.90. The van der Waals surface area contributed by atoms with Crippen LogP contribution in [0.3, 0.4) is 0 Å². The van der Waals surface area contributed by atoms with E-state index in [9.17, 15) is 4.79 Å². The van der Waals surface area contributed by atoms with Gasteiger partial charge in [-0.3, -0.25) is 4.79 Å². The molecule has 0 saturated heterocycles. The van der Waals surface area contributed by atoms with Crippen molar-refractivity contribution in [1.29, 1.82) is 0 Å². The largest absolute Gasteiger partial charge is 0.338 e. The molecule has 0 amide bonds. The van der Waals surface area contributed by atoms with Crippen molar-refractivity contribution in [3.05, 3.63) is 18.2 Å². The summed E-state index contributed by atoms with van der Waals surface area (Å²) in [5.74, 6) is 1.13. The van der Waals surface area contributed by atoms with Gasteiger partial charge in [0, 0.05) is 31.4 Å². The van der Waals surface area contributed by atoms with E-state index in [0.717, 1.165) is 25.1 Å². The summed E-state index contributed by atoms with van der Waals surface area (Å²) in [4.78, 5) is 16.1. The van der Waals surface area contributed by atoms with Crippen LogP contribution in [0.4, 0.5) is 0 Å².